The van der Waals surface area contributed by atoms with Crippen LogP contribution in [-0.2, 0) is 24.1 Å². The zero-order chi connectivity index (χ0) is 23.2. The molecule has 1 amide bonds. The lowest BCUT2D eigenvalue weighted by Crippen LogP contribution is -2.40. The van der Waals surface area contributed by atoms with E-state index in [1.54, 1.807) is 7.11 Å². The highest BCUT2D eigenvalue weighted by molar-refractivity contribution is 5.97. The minimum atomic E-state index is -0.0579. The molecule has 1 aromatic carbocycles. The van der Waals surface area contributed by atoms with Crippen LogP contribution in [0.4, 0.5) is 5.69 Å². The molecule has 3 heterocycles. The maximum Gasteiger partial charge on any atom is 0.251 e. The van der Waals surface area contributed by atoms with Gasteiger partial charge in [0.15, 0.2) is 0 Å². The summed E-state index contributed by atoms with van der Waals surface area (Å²) in [6, 6.07) is 8.65. The van der Waals surface area contributed by atoms with Gasteiger partial charge in [-0.3, -0.25) is 4.79 Å². The summed E-state index contributed by atoms with van der Waals surface area (Å²) in [5.74, 6) is 0.537. The van der Waals surface area contributed by atoms with E-state index < -0.39 is 0 Å². The van der Waals surface area contributed by atoms with Crippen LogP contribution in [0.25, 0.3) is 0 Å². The number of fused-ring (bicyclic) bond motifs is 2. The summed E-state index contributed by atoms with van der Waals surface area (Å²) in [5, 5.41) is 3.15. The number of rotatable bonds is 4. The Morgan fingerprint density at radius 1 is 1.21 bits per heavy atom. The topological polar surface area (TPSA) is 63.7 Å². The maximum absolute atomic E-state index is 13.4. The highest BCUT2D eigenvalue weighted by Gasteiger charge is 2.25. The Hall–Kier alpha value is -2.86. The largest absolute Gasteiger partial charge is 0.481 e. The number of hydrogen-bond acceptors (Lipinski definition) is 5. The normalized spacial score (nSPS) is 18.2. The maximum atomic E-state index is 13.4. The van der Waals surface area contributed by atoms with Crippen molar-refractivity contribution in [3.63, 3.8) is 0 Å². The third-order valence-electron chi connectivity index (χ3n) is 6.67. The molecule has 0 spiro atoms. The number of hydrogen-bond donors (Lipinski definition) is 1. The SMILES string of the molecule is CCN(c1cccc2c1C/C=C\CCc1cc(C)nc(OC)c1CNC2=O)C1CCOCC1. The Balaban J connectivity index is 1.70. The van der Waals surface area contributed by atoms with Gasteiger partial charge in [0.2, 0.25) is 5.88 Å². The molecule has 0 atom stereocenters. The van der Waals surface area contributed by atoms with Crippen molar-refractivity contribution >= 4 is 11.6 Å². The summed E-state index contributed by atoms with van der Waals surface area (Å²) in [6.07, 6.45) is 9.04. The van der Waals surface area contributed by atoms with Crippen molar-refractivity contribution < 1.29 is 14.3 Å². The van der Waals surface area contributed by atoms with E-state index in [2.05, 4.69) is 46.4 Å². The van der Waals surface area contributed by atoms with E-state index in [0.29, 0.717) is 18.5 Å². The van der Waals surface area contributed by atoms with Crippen LogP contribution in [0.15, 0.2) is 36.4 Å². The molecule has 0 radical (unpaired) electrons. The van der Waals surface area contributed by atoms with E-state index in [1.165, 1.54) is 5.56 Å². The minimum absolute atomic E-state index is 0.0579. The standard InChI is InChI=1S/C27H35N3O3/c1-4-30(21-13-15-33-16-14-21)25-12-8-11-23-22(25)10-7-5-6-9-20-17-19(2)29-27(32-3)24(20)18-28-26(23)31/h5,7-8,11-12,17,21H,4,6,9-10,13-16,18H2,1-3H3,(H,28,31)/b7-5-. The number of carbonyl (C=O) groups is 1. The van der Waals surface area contributed by atoms with Crippen LogP contribution in [0.5, 0.6) is 5.88 Å². The molecule has 33 heavy (non-hydrogen) atoms. The molecule has 1 fully saturated rings. The predicted octanol–water partition coefficient (Wildman–Crippen LogP) is 4.38. The number of carbonyl (C=O) groups excluding carboxylic acids is 1. The molecule has 0 saturated carbocycles. The number of ether oxygens (including phenoxy) is 2. The van der Waals surface area contributed by atoms with Gasteiger partial charge in [0.1, 0.15) is 0 Å². The third-order valence-corrected chi connectivity index (χ3v) is 6.67. The van der Waals surface area contributed by atoms with Crippen LogP contribution in [-0.4, -0.2) is 43.8 Å². The van der Waals surface area contributed by atoms with Crippen molar-refractivity contribution in [1.29, 1.82) is 0 Å². The van der Waals surface area contributed by atoms with Crippen molar-refractivity contribution in [1.82, 2.24) is 10.3 Å². The van der Waals surface area contributed by atoms with Gasteiger partial charge in [-0.05, 0) is 75.3 Å². The van der Waals surface area contributed by atoms with Crippen molar-refractivity contribution in [2.75, 3.05) is 31.8 Å². The number of allylic oxidation sites excluding steroid dienone is 2. The summed E-state index contributed by atoms with van der Waals surface area (Å²) in [4.78, 5) is 20.4. The number of benzene rings is 1. The number of amides is 1. The Bertz CT molecular complexity index is 1010. The molecule has 4 rings (SSSR count). The number of methoxy groups -OCH3 is 1. The lowest BCUT2D eigenvalue weighted by molar-refractivity contribution is 0.0845. The zero-order valence-corrected chi connectivity index (χ0v) is 20.0. The van der Waals surface area contributed by atoms with E-state index in [1.807, 2.05) is 19.1 Å². The summed E-state index contributed by atoms with van der Waals surface area (Å²) in [7, 11) is 1.64. The van der Waals surface area contributed by atoms with Crippen molar-refractivity contribution in [2.24, 2.45) is 0 Å². The fourth-order valence-corrected chi connectivity index (χ4v) is 5.03. The van der Waals surface area contributed by atoms with Gasteiger partial charge in [0, 0.05) is 54.9 Å². The van der Waals surface area contributed by atoms with Gasteiger partial charge in [0.05, 0.1) is 7.11 Å². The lowest BCUT2D eigenvalue weighted by atomic mass is 9.96. The van der Waals surface area contributed by atoms with Gasteiger partial charge < -0.3 is 19.7 Å². The number of aromatic nitrogens is 1. The van der Waals surface area contributed by atoms with Crippen LogP contribution in [0.3, 0.4) is 0 Å². The van der Waals surface area contributed by atoms with Crippen molar-refractivity contribution in [2.45, 2.75) is 58.5 Å². The molecule has 0 aliphatic carbocycles. The molecule has 0 unspecified atom stereocenters. The molecule has 176 valence electrons. The van der Waals surface area contributed by atoms with E-state index in [0.717, 1.165) is 79.9 Å². The summed E-state index contributed by atoms with van der Waals surface area (Å²) in [6.45, 7) is 7.07. The summed E-state index contributed by atoms with van der Waals surface area (Å²) < 4.78 is 11.1. The first-order valence-corrected chi connectivity index (χ1v) is 12.0. The van der Waals surface area contributed by atoms with Gasteiger partial charge in [-0.15, -0.1) is 0 Å². The van der Waals surface area contributed by atoms with Crippen molar-refractivity contribution in [3.8, 4) is 5.88 Å². The molecule has 2 aromatic rings. The number of nitrogens with zero attached hydrogens (tertiary/aromatic N) is 2. The Morgan fingerprint density at radius 3 is 2.79 bits per heavy atom. The first-order chi connectivity index (χ1) is 16.1. The fraction of sp³-hybridized carbons (Fsp3) is 0.481. The van der Waals surface area contributed by atoms with Gasteiger partial charge in [-0.2, -0.15) is 0 Å². The molecule has 6 nitrogen and oxygen atoms in total. The Labute approximate surface area is 197 Å². The molecule has 2 aliphatic rings. The number of anilines is 1. The molecule has 6 heteroatoms. The van der Waals surface area contributed by atoms with Gasteiger partial charge in [-0.1, -0.05) is 18.2 Å². The summed E-state index contributed by atoms with van der Waals surface area (Å²) in [5.41, 5.74) is 6.05. The molecule has 2 aliphatic heterocycles. The first-order valence-electron chi connectivity index (χ1n) is 12.0. The second kappa shape index (κ2) is 10.8. The zero-order valence-electron chi connectivity index (χ0n) is 20.0. The van der Waals surface area contributed by atoms with Gasteiger partial charge in [-0.25, -0.2) is 4.98 Å². The number of nitrogens with one attached hydrogen (secondary N) is 1. The van der Waals surface area contributed by atoms with Crippen LogP contribution < -0.4 is 15.0 Å². The van der Waals surface area contributed by atoms with Gasteiger partial charge in [0.25, 0.3) is 5.91 Å². The van der Waals surface area contributed by atoms with E-state index >= 15 is 0 Å². The first kappa shape index (κ1) is 23.3. The van der Waals surface area contributed by atoms with E-state index in [9.17, 15) is 4.79 Å². The molecule has 1 aromatic heterocycles. The monoisotopic (exact) mass is 449 g/mol. The van der Waals surface area contributed by atoms with Gasteiger partial charge >= 0.3 is 0 Å². The molecule has 1 N–H and O–H groups in total. The molecular formula is C27H35N3O3. The van der Waals surface area contributed by atoms with Crippen LogP contribution >= 0.6 is 0 Å². The average molecular weight is 450 g/mol. The Morgan fingerprint density at radius 2 is 2.03 bits per heavy atom. The third kappa shape index (κ3) is 5.22. The highest BCUT2D eigenvalue weighted by Crippen LogP contribution is 2.30. The second-order valence-corrected chi connectivity index (χ2v) is 8.74. The Kier molecular flexibility index (Phi) is 7.65. The second-order valence-electron chi connectivity index (χ2n) is 8.74. The lowest BCUT2D eigenvalue weighted by Gasteiger charge is -2.37. The smallest absolute Gasteiger partial charge is 0.251 e. The fourth-order valence-electron chi connectivity index (χ4n) is 5.03. The van der Waals surface area contributed by atoms with Crippen LogP contribution in [0, 0.1) is 6.92 Å². The van der Waals surface area contributed by atoms with Crippen LogP contribution in [0.1, 0.15) is 58.9 Å². The highest BCUT2D eigenvalue weighted by atomic mass is 16.5. The predicted molar refractivity (Wildman–Crippen MR) is 131 cm³/mol. The average Bonchev–Trinajstić information content (AvgIpc) is 2.83. The van der Waals surface area contributed by atoms with E-state index in [-0.39, 0.29) is 5.91 Å². The number of aryl methyl sites for hydroxylation is 2. The number of pyridine rings is 1. The van der Waals surface area contributed by atoms with E-state index in [4.69, 9.17) is 9.47 Å². The summed E-state index contributed by atoms with van der Waals surface area (Å²) >= 11 is 0. The quantitative estimate of drug-likeness (QED) is 0.702. The molecule has 1 saturated heterocycles. The minimum Gasteiger partial charge on any atom is -0.481 e. The molecular weight excluding hydrogens is 414 g/mol. The van der Waals surface area contributed by atoms with Crippen LogP contribution in [0.2, 0.25) is 0 Å². The van der Waals surface area contributed by atoms with Crippen molar-refractivity contribution in [3.05, 3.63) is 64.4 Å². The molecule has 0 bridgehead atoms.